The number of ether oxygens (including phenoxy) is 1. The highest BCUT2D eigenvalue weighted by atomic mass is 16.5. The minimum absolute atomic E-state index is 0.525. The van der Waals surface area contributed by atoms with E-state index >= 15 is 0 Å². The second-order valence-corrected chi connectivity index (χ2v) is 6.06. The zero-order valence-corrected chi connectivity index (χ0v) is 13.8. The van der Waals surface area contributed by atoms with Crippen LogP contribution < -0.4 is 4.74 Å². The summed E-state index contributed by atoms with van der Waals surface area (Å²) in [6.45, 7) is 3.33. The van der Waals surface area contributed by atoms with E-state index in [2.05, 4.69) is 19.9 Å². The molecular formula is C18H18N4O3. The van der Waals surface area contributed by atoms with Gasteiger partial charge in [0.2, 0.25) is 0 Å². The summed E-state index contributed by atoms with van der Waals surface area (Å²) in [5.41, 5.74) is 3.14. The molecule has 0 radical (unpaired) electrons. The molecule has 0 amide bonds. The van der Waals surface area contributed by atoms with Gasteiger partial charge in [0.25, 0.3) is 0 Å². The smallest absolute Gasteiger partial charge is 0.135 e. The lowest BCUT2D eigenvalue weighted by Crippen LogP contribution is -1.92. The molecule has 0 fully saturated rings. The van der Waals surface area contributed by atoms with E-state index in [0.717, 1.165) is 22.1 Å². The van der Waals surface area contributed by atoms with Crippen LogP contribution in [0.1, 0.15) is 37.7 Å². The summed E-state index contributed by atoms with van der Waals surface area (Å²) in [7, 11) is 0. The third-order valence-electron chi connectivity index (χ3n) is 3.97. The SMILES string of the molecule is C[C@H](O)c1nc2ccc(Oc3ccc4nc([C@H](C)O)[nH]c4c3)cc2[nH]1. The van der Waals surface area contributed by atoms with Crippen molar-refractivity contribution >= 4 is 22.1 Å². The first kappa shape index (κ1) is 15.6. The van der Waals surface area contributed by atoms with E-state index in [4.69, 9.17) is 4.74 Å². The van der Waals surface area contributed by atoms with Crippen molar-refractivity contribution in [2.24, 2.45) is 0 Å². The number of nitrogens with zero attached hydrogens (tertiary/aromatic N) is 2. The summed E-state index contributed by atoms with van der Waals surface area (Å²) in [5, 5.41) is 19.2. The molecule has 4 aromatic rings. The lowest BCUT2D eigenvalue weighted by Gasteiger charge is -2.05. The van der Waals surface area contributed by atoms with E-state index in [0.29, 0.717) is 23.1 Å². The average molecular weight is 338 g/mol. The molecular weight excluding hydrogens is 320 g/mol. The largest absolute Gasteiger partial charge is 0.457 e. The number of hydrogen-bond donors (Lipinski definition) is 4. The zero-order valence-electron chi connectivity index (χ0n) is 13.8. The highest BCUT2D eigenvalue weighted by Crippen LogP contribution is 2.28. The van der Waals surface area contributed by atoms with E-state index in [-0.39, 0.29) is 0 Å². The Kier molecular flexibility index (Phi) is 3.67. The summed E-state index contributed by atoms with van der Waals surface area (Å²) in [6, 6.07) is 11.0. The molecule has 2 aromatic heterocycles. The van der Waals surface area contributed by atoms with Crippen LogP contribution in [0.2, 0.25) is 0 Å². The maximum atomic E-state index is 9.62. The molecule has 0 saturated carbocycles. The van der Waals surface area contributed by atoms with Crippen molar-refractivity contribution in [2.45, 2.75) is 26.1 Å². The van der Waals surface area contributed by atoms with Crippen LogP contribution in [0, 0.1) is 0 Å². The van der Waals surface area contributed by atoms with Crippen LogP contribution in [0.25, 0.3) is 22.1 Å². The van der Waals surface area contributed by atoms with Gasteiger partial charge in [0.1, 0.15) is 35.4 Å². The third-order valence-corrected chi connectivity index (χ3v) is 3.97. The number of fused-ring (bicyclic) bond motifs is 2. The molecule has 7 nitrogen and oxygen atoms in total. The van der Waals surface area contributed by atoms with Crippen LogP contribution in [0.5, 0.6) is 11.5 Å². The number of rotatable bonds is 4. The van der Waals surface area contributed by atoms with Crippen molar-refractivity contribution < 1.29 is 14.9 Å². The predicted octanol–water partition coefficient (Wildman–Crippen LogP) is 3.34. The number of aliphatic hydroxyl groups excluding tert-OH is 2. The van der Waals surface area contributed by atoms with Gasteiger partial charge in [0.15, 0.2) is 0 Å². The highest BCUT2D eigenvalue weighted by Gasteiger charge is 2.10. The predicted molar refractivity (Wildman–Crippen MR) is 93.5 cm³/mol. The molecule has 2 atom stereocenters. The van der Waals surface area contributed by atoms with Gasteiger partial charge in [-0.25, -0.2) is 9.97 Å². The average Bonchev–Trinajstić information content (AvgIpc) is 3.17. The highest BCUT2D eigenvalue weighted by molar-refractivity contribution is 5.78. The monoisotopic (exact) mass is 338 g/mol. The maximum Gasteiger partial charge on any atom is 0.135 e. The normalized spacial score (nSPS) is 14.1. The standard InChI is InChI=1S/C18H18N4O3/c1-9(23)17-19-13-5-3-11(7-15(13)21-17)25-12-4-6-14-16(8-12)22-18(20-14)10(2)24/h3-10,23-24H,1-2H3,(H,19,21)(H,20,22)/t9-,10-/m0/s1. The Bertz CT molecular complexity index is 965. The molecule has 2 aromatic carbocycles. The van der Waals surface area contributed by atoms with E-state index in [9.17, 15) is 10.2 Å². The molecule has 0 bridgehead atoms. The van der Waals surface area contributed by atoms with Gasteiger partial charge >= 0.3 is 0 Å². The Morgan fingerprint density at radius 2 is 1.24 bits per heavy atom. The van der Waals surface area contributed by atoms with Crippen molar-refractivity contribution in [1.82, 2.24) is 19.9 Å². The maximum absolute atomic E-state index is 9.62. The van der Waals surface area contributed by atoms with Gasteiger partial charge in [-0.2, -0.15) is 0 Å². The van der Waals surface area contributed by atoms with Gasteiger partial charge in [-0.05, 0) is 38.1 Å². The van der Waals surface area contributed by atoms with Gasteiger partial charge < -0.3 is 24.9 Å². The van der Waals surface area contributed by atoms with Crippen LogP contribution in [0.4, 0.5) is 0 Å². The molecule has 0 spiro atoms. The molecule has 0 aliphatic heterocycles. The Labute approximate surface area is 143 Å². The number of hydrogen-bond acceptors (Lipinski definition) is 5. The number of aromatic amines is 2. The summed E-state index contributed by atoms with van der Waals surface area (Å²) in [5.74, 6) is 2.36. The van der Waals surface area contributed by atoms with E-state index in [1.807, 2.05) is 36.4 Å². The Morgan fingerprint density at radius 1 is 0.800 bits per heavy atom. The second-order valence-electron chi connectivity index (χ2n) is 6.06. The lowest BCUT2D eigenvalue weighted by atomic mass is 10.3. The van der Waals surface area contributed by atoms with E-state index in [1.54, 1.807) is 13.8 Å². The van der Waals surface area contributed by atoms with Gasteiger partial charge in [-0.1, -0.05) is 0 Å². The molecule has 0 saturated heterocycles. The van der Waals surface area contributed by atoms with Crippen molar-refractivity contribution in [3.05, 3.63) is 48.0 Å². The first-order chi connectivity index (χ1) is 12.0. The molecule has 7 heteroatoms. The summed E-state index contributed by atoms with van der Waals surface area (Å²) in [4.78, 5) is 14.8. The number of imidazole rings is 2. The summed E-state index contributed by atoms with van der Waals surface area (Å²) < 4.78 is 5.91. The van der Waals surface area contributed by atoms with Crippen LogP contribution in [0.3, 0.4) is 0 Å². The lowest BCUT2D eigenvalue weighted by molar-refractivity contribution is 0.190. The zero-order chi connectivity index (χ0) is 17.6. The van der Waals surface area contributed by atoms with Gasteiger partial charge in [0, 0.05) is 12.1 Å². The first-order valence-corrected chi connectivity index (χ1v) is 8.03. The van der Waals surface area contributed by atoms with Crippen LogP contribution in [0.15, 0.2) is 36.4 Å². The Hall–Kier alpha value is -2.90. The number of H-pyrrole nitrogens is 2. The fourth-order valence-corrected chi connectivity index (χ4v) is 2.68. The molecule has 25 heavy (non-hydrogen) atoms. The minimum Gasteiger partial charge on any atom is -0.457 e. The minimum atomic E-state index is -0.650. The fraction of sp³-hybridized carbons (Fsp3) is 0.222. The van der Waals surface area contributed by atoms with Crippen molar-refractivity contribution in [2.75, 3.05) is 0 Å². The molecule has 4 N–H and O–H groups in total. The Morgan fingerprint density at radius 3 is 1.64 bits per heavy atom. The summed E-state index contributed by atoms with van der Waals surface area (Å²) in [6.07, 6.45) is -1.30. The topological polar surface area (TPSA) is 107 Å². The van der Waals surface area contributed by atoms with Crippen LogP contribution >= 0.6 is 0 Å². The molecule has 0 unspecified atom stereocenters. The number of aromatic nitrogens is 4. The van der Waals surface area contributed by atoms with Gasteiger partial charge in [0.05, 0.1) is 22.1 Å². The second kappa shape index (κ2) is 5.87. The van der Waals surface area contributed by atoms with Gasteiger partial charge in [-0.15, -0.1) is 0 Å². The van der Waals surface area contributed by atoms with E-state index < -0.39 is 12.2 Å². The van der Waals surface area contributed by atoms with Crippen LogP contribution in [-0.4, -0.2) is 30.1 Å². The number of aliphatic hydroxyl groups is 2. The molecule has 0 aliphatic carbocycles. The quantitative estimate of drug-likeness (QED) is 0.456. The Balaban J connectivity index is 1.64. The first-order valence-electron chi connectivity index (χ1n) is 8.03. The van der Waals surface area contributed by atoms with Crippen molar-refractivity contribution in [3.63, 3.8) is 0 Å². The number of nitrogens with one attached hydrogen (secondary N) is 2. The van der Waals surface area contributed by atoms with Crippen molar-refractivity contribution in [3.8, 4) is 11.5 Å². The van der Waals surface area contributed by atoms with Gasteiger partial charge in [-0.3, -0.25) is 0 Å². The molecule has 4 rings (SSSR count). The number of benzene rings is 2. The molecule has 0 aliphatic rings. The van der Waals surface area contributed by atoms with Crippen molar-refractivity contribution in [1.29, 1.82) is 0 Å². The molecule has 2 heterocycles. The fourth-order valence-electron chi connectivity index (χ4n) is 2.68. The third kappa shape index (κ3) is 2.95. The van der Waals surface area contributed by atoms with Crippen LogP contribution in [-0.2, 0) is 0 Å². The summed E-state index contributed by atoms with van der Waals surface area (Å²) >= 11 is 0. The molecule has 128 valence electrons. The van der Waals surface area contributed by atoms with E-state index in [1.165, 1.54) is 0 Å².